The summed E-state index contributed by atoms with van der Waals surface area (Å²) in [5.74, 6) is -0.352. The Morgan fingerprint density at radius 3 is 2.74 bits per heavy atom. The van der Waals surface area contributed by atoms with Gasteiger partial charge in [0.25, 0.3) is 5.91 Å². The summed E-state index contributed by atoms with van der Waals surface area (Å²) in [5.41, 5.74) is 0.309. The van der Waals surface area contributed by atoms with Gasteiger partial charge in [0.1, 0.15) is 11.3 Å². The molecule has 0 aromatic heterocycles. The van der Waals surface area contributed by atoms with Gasteiger partial charge in [-0.2, -0.15) is 8.78 Å². The first-order valence-electron chi connectivity index (χ1n) is 5.73. The SMILES string of the molecule is O=C1NC(=O)C2(CCc3cc(OC(F)F)ccc32)N1. The molecule has 1 heterocycles. The summed E-state index contributed by atoms with van der Waals surface area (Å²) in [5, 5.41) is 4.80. The second kappa shape index (κ2) is 3.91. The lowest BCUT2D eigenvalue weighted by Gasteiger charge is -2.21. The predicted octanol–water partition coefficient (Wildman–Crippen LogP) is 1.27. The fourth-order valence-electron chi connectivity index (χ4n) is 2.68. The number of benzene rings is 1. The molecule has 5 nitrogen and oxygen atoms in total. The molecule has 7 heteroatoms. The van der Waals surface area contributed by atoms with Gasteiger partial charge < -0.3 is 10.1 Å². The molecule has 1 saturated heterocycles. The highest BCUT2D eigenvalue weighted by Crippen LogP contribution is 2.40. The molecule has 100 valence electrons. The van der Waals surface area contributed by atoms with Crippen LogP contribution in [-0.4, -0.2) is 18.5 Å². The first-order chi connectivity index (χ1) is 9.01. The number of urea groups is 1. The molecule has 1 fully saturated rings. The number of imide groups is 1. The molecule has 1 atom stereocenters. The zero-order valence-electron chi connectivity index (χ0n) is 9.70. The molecule has 3 rings (SSSR count). The number of nitrogens with one attached hydrogen (secondary N) is 2. The zero-order valence-corrected chi connectivity index (χ0v) is 9.70. The number of halogens is 2. The van der Waals surface area contributed by atoms with Crippen LogP contribution < -0.4 is 15.4 Å². The zero-order chi connectivity index (χ0) is 13.6. The minimum atomic E-state index is -2.89. The third-order valence-electron chi connectivity index (χ3n) is 3.47. The number of ether oxygens (including phenoxy) is 1. The fraction of sp³-hybridized carbons (Fsp3) is 0.333. The van der Waals surface area contributed by atoms with Gasteiger partial charge in [0.2, 0.25) is 0 Å². The van der Waals surface area contributed by atoms with Crippen LogP contribution in [0, 0.1) is 0 Å². The van der Waals surface area contributed by atoms with Crippen LogP contribution >= 0.6 is 0 Å². The van der Waals surface area contributed by atoms with Crippen molar-refractivity contribution in [3.05, 3.63) is 29.3 Å². The summed E-state index contributed by atoms with van der Waals surface area (Å²) in [6.07, 6.45) is 0.932. The molecule has 0 bridgehead atoms. The minimum Gasteiger partial charge on any atom is -0.435 e. The lowest BCUT2D eigenvalue weighted by molar-refractivity contribution is -0.124. The van der Waals surface area contributed by atoms with Crippen molar-refractivity contribution in [3.63, 3.8) is 0 Å². The second-order valence-electron chi connectivity index (χ2n) is 4.51. The number of aryl methyl sites for hydroxylation is 1. The van der Waals surface area contributed by atoms with Crippen molar-refractivity contribution in [2.45, 2.75) is 25.0 Å². The first-order valence-corrected chi connectivity index (χ1v) is 5.73. The van der Waals surface area contributed by atoms with Gasteiger partial charge in [-0.25, -0.2) is 4.79 Å². The Bertz CT molecular complexity index is 576. The smallest absolute Gasteiger partial charge is 0.387 e. The van der Waals surface area contributed by atoms with Gasteiger partial charge in [0.15, 0.2) is 0 Å². The van der Waals surface area contributed by atoms with E-state index in [2.05, 4.69) is 15.4 Å². The second-order valence-corrected chi connectivity index (χ2v) is 4.51. The average molecular weight is 268 g/mol. The Morgan fingerprint density at radius 1 is 1.32 bits per heavy atom. The molecule has 1 aromatic carbocycles. The number of rotatable bonds is 2. The van der Waals surface area contributed by atoms with E-state index in [0.29, 0.717) is 18.4 Å². The molecule has 1 unspecified atom stereocenters. The van der Waals surface area contributed by atoms with Gasteiger partial charge in [-0.3, -0.25) is 10.1 Å². The molecule has 1 aromatic rings. The molecule has 2 N–H and O–H groups in total. The Morgan fingerprint density at radius 2 is 2.11 bits per heavy atom. The van der Waals surface area contributed by atoms with Gasteiger partial charge in [0, 0.05) is 0 Å². The van der Waals surface area contributed by atoms with E-state index in [4.69, 9.17) is 0 Å². The van der Waals surface area contributed by atoms with E-state index in [-0.39, 0.29) is 5.75 Å². The standard InChI is InChI=1S/C12H10F2N2O3/c13-10(14)19-7-1-2-8-6(5-7)3-4-12(8)9(17)15-11(18)16-12/h1-2,5,10H,3-4H2,(H2,15,16,17,18). The Labute approximate surface area is 106 Å². The molecule has 0 saturated carbocycles. The Hall–Kier alpha value is -2.18. The van der Waals surface area contributed by atoms with Gasteiger partial charge in [0.05, 0.1) is 0 Å². The average Bonchev–Trinajstić information content (AvgIpc) is 2.81. The summed E-state index contributed by atoms with van der Waals surface area (Å²) in [6, 6.07) is 3.86. The van der Waals surface area contributed by atoms with Crippen molar-refractivity contribution in [2.24, 2.45) is 0 Å². The minimum absolute atomic E-state index is 0.0514. The number of alkyl halides is 2. The van der Waals surface area contributed by atoms with E-state index in [1.165, 1.54) is 12.1 Å². The lowest BCUT2D eigenvalue weighted by Crippen LogP contribution is -2.41. The van der Waals surface area contributed by atoms with Crippen molar-refractivity contribution in [1.29, 1.82) is 0 Å². The Balaban J connectivity index is 1.98. The highest BCUT2D eigenvalue weighted by molar-refractivity contribution is 6.08. The largest absolute Gasteiger partial charge is 0.435 e. The maximum atomic E-state index is 12.1. The van der Waals surface area contributed by atoms with E-state index in [9.17, 15) is 18.4 Å². The molecule has 2 aliphatic rings. The number of carbonyl (C=O) groups is 2. The van der Waals surface area contributed by atoms with Crippen LogP contribution in [0.25, 0.3) is 0 Å². The maximum Gasteiger partial charge on any atom is 0.387 e. The van der Waals surface area contributed by atoms with Gasteiger partial charge in [-0.15, -0.1) is 0 Å². The van der Waals surface area contributed by atoms with E-state index < -0.39 is 24.1 Å². The summed E-state index contributed by atoms with van der Waals surface area (Å²) in [7, 11) is 0. The first kappa shape index (κ1) is 11.9. The van der Waals surface area contributed by atoms with Crippen molar-refractivity contribution in [2.75, 3.05) is 0 Å². The van der Waals surface area contributed by atoms with Crippen LogP contribution in [0.15, 0.2) is 18.2 Å². The summed E-state index contributed by atoms with van der Waals surface area (Å²) >= 11 is 0. The number of amides is 3. The normalized spacial score (nSPS) is 24.6. The number of hydrogen-bond donors (Lipinski definition) is 2. The topological polar surface area (TPSA) is 67.4 Å². The lowest BCUT2D eigenvalue weighted by atomic mass is 9.92. The molecule has 19 heavy (non-hydrogen) atoms. The van der Waals surface area contributed by atoms with Crippen molar-refractivity contribution < 1.29 is 23.1 Å². The fourth-order valence-corrected chi connectivity index (χ4v) is 2.68. The van der Waals surface area contributed by atoms with Crippen molar-refractivity contribution in [1.82, 2.24) is 10.6 Å². The highest BCUT2D eigenvalue weighted by atomic mass is 19.3. The number of fused-ring (bicyclic) bond motifs is 2. The van der Waals surface area contributed by atoms with Crippen LogP contribution in [0.3, 0.4) is 0 Å². The number of hydrogen-bond acceptors (Lipinski definition) is 3. The maximum absolute atomic E-state index is 12.1. The van der Waals surface area contributed by atoms with Crippen molar-refractivity contribution in [3.8, 4) is 5.75 Å². The van der Waals surface area contributed by atoms with E-state index >= 15 is 0 Å². The van der Waals surface area contributed by atoms with Crippen LogP contribution in [0.4, 0.5) is 13.6 Å². The van der Waals surface area contributed by atoms with E-state index in [1.807, 2.05) is 0 Å². The monoisotopic (exact) mass is 268 g/mol. The van der Waals surface area contributed by atoms with Crippen LogP contribution in [-0.2, 0) is 16.8 Å². The summed E-state index contributed by atoms with van der Waals surface area (Å²) < 4.78 is 28.6. The Kier molecular flexibility index (Phi) is 2.44. The van der Waals surface area contributed by atoms with Gasteiger partial charge in [-0.1, -0.05) is 6.07 Å². The van der Waals surface area contributed by atoms with Crippen LogP contribution in [0.1, 0.15) is 17.5 Å². The number of carbonyl (C=O) groups excluding carboxylic acids is 2. The van der Waals surface area contributed by atoms with Gasteiger partial charge >= 0.3 is 12.6 Å². The quantitative estimate of drug-likeness (QED) is 0.794. The van der Waals surface area contributed by atoms with Crippen molar-refractivity contribution >= 4 is 11.9 Å². The molecule has 1 aliphatic carbocycles. The molecular formula is C12H10F2N2O3. The molecule has 1 aliphatic heterocycles. The highest BCUT2D eigenvalue weighted by Gasteiger charge is 2.51. The molecule has 0 radical (unpaired) electrons. The predicted molar refractivity (Wildman–Crippen MR) is 59.7 cm³/mol. The molecule has 3 amide bonds. The molecule has 1 spiro atoms. The van der Waals surface area contributed by atoms with E-state index in [1.54, 1.807) is 6.07 Å². The summed E-state index contributed by atoms with van der Waals surface area (Å²) in [6.45, 7) is -2.89. The van der Waals surface area contributed by atoms with Crippen LogP contribution in [0.2, 0.25) is 0 Å². The van der Waals surface area contributed by atoms with E-state index in [0.717, 1.165) is 5.56 Å². The molecular weight excluding hydrogens is 258 g/mol. The van der Waals surface area contributed by atoms with Crippen LogP contribution in [0.5, 0.6) is 5.75 Å². The van der Waals surface area contributed by atoms with Gasteiger partial charge in [-0.05, 0) is 36.1 Å². The third kappa shape index (κ3) is 1.73. The third-order valence-corrected chi connectivity index (χ3v) is 3.47. The summed E-state index contributed by atoms with van der Waals surface area (Å²) in [4.78, 5) is 23.2.